The van der Waals surface area contributed by atoms with Crippen LogP contribution in [0.15, 0.2) is 30.5 Å². The molecule has 0 amide bonds. The van der Waals surface area contributed by atoms with Crippen molar-refractivity contribution in [3.05, 3.63) is 30.5 Å². The summed E-state index contributed by atoms with van der Waals surface area (Å²) in [6.07, 6.45) is 9.40. The van der Waals surface area contributed by atoms with E-state index in [4.69, 9.17) is 4.74 Å². The van der Waals surface area contributed by atoms with Crippen LogP contribution in [0, 0.1) is 0 Å². The van der Waals surface area contributed by atoms with Crippen LogP contribution < -0.4 is 4.74 Å². The number of hydrogen-bond acceptors (Lipinski definition) is 3. The monoisotopic (exact) mass is 273 g/mol. The molecule has 4 nitrogen and oxygen atoms in total. The maximum atomic E-state index is 5.79. The first-order valence-electron chi connectivity index (χ1n) is 7.49. The van der Waals surface area contributed by atoms with Crippen LogP contribution in [0.5, 0.6) is 5.75 Å². The van der Waals surface area contributed by atoms with Gasteiger partial charge in [-0.15, -0.1) is 0 Å². The maximum absolute atomic E-state index is 5.79. The van der Waals surface area contributed by atoms with E-state index in [9.17, 15) is 0 Å². The number of ether oxygens (including phenoxy) is 1. The zero-order chi connectivity index (χ0) is 14.0. The highest BCUT2D eigenvalue weighted by Gasteiger charge is 2.02. The molecule has 1 aromatic carbocycles. The van der Waals surface area contributed by atoms with E-state index in [-0.39, 0.29) is 0 Å². The summed E-state index contributed by atoms with van der Waals surface area (Å²) in [4.78, 5) is 0. The third-order valence-electron chi connectivity index (χ3n) is 3.31. The molecule has 20 heavy (non-hydrogen) atoms. The summed E-state index contributed by atoms with van der Waals surface area (Å²) in [5, 5.41) is 10.5. The van der Waals surface area contributed by atoms with Crippen molar-refractivity contribution in [1.82, 2.24) is 15.4 Å². The molecule has 0 aliphatic heterocycles. The van der Waals surface area contributed by atoms with Crippen molar-refractivity contribution in [2.45, 2.75) is 45.4 Å². The minimum atomic E-state index is 0.786. The number of aromatic amines is 1. The molecular formula is C16H23N3O. The van der Waals surface area contributed by atoms with Crippen molar-refractivity contribution in [1.29, 1.82) is 0 Å². The third kappa shape index (κ3) is 4.68. The van der Waals surface area contributed by atoms with E-state index in [1.165, 1.54) is 32.1 Å². The van der Waals surface area contributed by atoms with Gasteiger partial charge in [0.2, 0.25) is 0 Å². The Morgan fingerprint density at radius 1 is 1.10 bits per heavy atom. The minimum Gasteiger partial charge on any atom is -0.494 e. The van der Waals surface area contributed by atoms with Crippen LogP contribution in [0.3, 0.4) is 0 Å². The van der Waals surface area contributed by atoms with Gasteiger partial charge in [0.1, 0.15) is 11.4 Å². The minimum absolute atomic E-state index is 0.786. The van der Waals surface area contributed by atoms with Crippen LogP contribution in [-0.2, 0) is 0 Å². The van der Waals surface area contributed by atoms with Gasteiger partial charge in [-0.05, 0) is 18.6 Å². The van der Waals surface area contributed by atoms with E-state index in [1.54, 1.807) is 6.20 Å². The molecule has 1 N–H and O–H groups in total. The predicted octanol–water partition coefficient (Wildman–Crippen LogP) is 4.21. The Morgan fingerprint density at radius 2 is 1.95 bits per heavy atom. The average Bonchev–Trinajstić information content (AvgIpc) is 3.01. The van der Waals surface area contributed by atoms with E-state index in [0.29, 0.717) is 0 Å². The molecule has 0 atom stereocenters. The number of nitrogens with zero attached hydrogens (tertiary/aromatic N) is 2. The van der Waals surface area contributed by atoms with E-state index >= 15 is 0 Å². The van der Waals surface area contributed by atoms with Crippen molar-refractivity contribution in [3.8, 4) is 17.0 Å². The Balaban J connectivity index is 1.72. The molecule has 0 aliphatic rings. The summed E-state index contributed by atoms with van der Waals surface area (Å²) in [7, 11) is 0. The van der Waals surface area contributed by atoms with Crippen molar-refractivity contribution in [3.63, 3.8) is 0 Å². The summed E-state index contributed by atoms with van der Waals surface area (Å²) >= 11 is 0. The topological polar surface area (TPSA) is 50.8 Å². The molecule has 0 aliphatic carbocycles. The first kappa shape index (κ1) is 14.6. The van der Waals surface area contributed by atoms with Crippen LogP contribution >= 0.6 is 0 Å². The number of hydrogen-bond donors (Lipinski definition) is 1. The SMILES string of the molecule is CCCCCCCCOc1cccc(-c2cn[nH]n2)c1. The van der Waals surface area contributed by atoms with Gasteiger partial charge in [0, 0.05) is 5.56 Å². The predicted molar refractivity (Wildman–Crippen MR) is 80.7 cm³/mol. The molecule has 2 rings (SSSR count). The van der Waals surface area contributed by atoms with Crippen molar-refractivity contribution >= 4 is 0 Å². The van der Waals surface area contributed by atoms with Gasteiger partial charge < -0.3 is 4.74 Å². The number of rotatable bonds is 9. The first-order chi connectivity index (χ1) is 9.90. The largest absolute Gasteiger partial charge is 0.494 e. The van der Waals surface area contributed by atoms with E-state index in [1.807, 2.05) is 24.3 Å². The summed E-state index contributed by atoms with van der Waals surface area (Å²) in [6, 6.07) is 7.99. The smallest absolute Gasteiger partial charge is 0.119 e. The molecule has 1 heterocycles. The Bertz CT molecular complexity index is 482. The van der Waals surface area contributed by atoms with Gasteiger partial charge in [-0.25, -0.2) is 0 Å². The molecule has 0 saturated carbocycles. The lowest BCUT2D eigenvalue weighted by molar-refractivity contribution is 0.304. The van der Waals surface area contributed by atoms with Gasteiger partial charge in [-0.3, -0.25) is 0 Å². The van der Waals surface area contributed by atoms with E-state index in [0.717, 1.165) is 30.0 Å². The highest BCUT2D eigenvalue weighted by molar-refractivity contribution is 5.59. The van der Waals surface area contributed by atoms with Crippen LogP contribution in [0.4, 0.5) is 0 Å². The zero-order valence-corrected chi connectivity index (χ0v) is 12.1. The van der Waals surface area contributed by atoms with Gasteiger partial charge >= 0.3 is 0 Å². The quantitative estimate of drug-likeness (QED) is 0.696. The summed E-state index contributed by atoms with van der Waals surface area (Å²) in [5.74, 6) is 0.902. The van der Waals surface area contributed by atoms with Crippen molar-refractivity contribution in [2.75, 3.05) is 6.61 Å². The summed E-state index contributed by atoms with van der Waals surface area (Å²) < 4.78 is 5.79. The van der Waals surface area contributed by atoms with E-state index < -0.39 is 0 Å². The summed E-state index contributed by atoms with van der Waals surface area (Å²) in [6.45, 7) is 3.03. The highest BCUT2D eigenvalue weighted by Crippen LogP contribution is 2.21. The normalized spacial score (nSPS) is 10.7. The fourth-order valence-corrected chi connectivity index (χ4v) is 2.16. The number of nitrogens with one attached hydrogen (secondary N) is 1. The van der Waals surface area contributed by atoms with Gasteiger partial charge in [0.25, 0.3) is 0 Å². The second kappa shape index (κ2) is 8.35. The summed E-state index contributed by atoms with van der Waals surface area (Å²) in [5.41, 5.74) is 1.87. The van der Waals surface area contributed by atoms with Crippen LogP contribution in [0.25, 0.3) is 11.3 Å². The van der Waals surface area contributed by atoms with Gasteiger partial charge in [0.15, 0.2) is 0 Å². The Hall–Kier alpha value is -1.84. The lowest BCUT2D eigenvalue weighted by Crippen LogP contribution is -1.97. The van der Waals surface area contributed by atoms with Crippen molar-refractivity contribution < 1.29 is 4.74 Å². The van der Waals surface area contributed by atoms with Crippen LogP contribution in [0.2, 0.25) is 0 Å². The molecule has 0 spiro atoms. The standard InChI is InChI=1S/C16H23N3O/c1-2-3-4-5-6-7-11-20-15-10-8-9-14(12-15)16-13-17-19-18-16/h8-10,12-13H,2-7,11H2,1H3,(H,17,18,19). The lowest BCUT2D eigenvalue weighted by atomic mass is 10.1. The van der Waals surface area contributed by atoms with Crippen LogP contribution in [0.1, 0.15) is 45.4 Å². The first-order valence-corrected chi connectivity index (χ1v) is 7.49. The molecule has 0 fully saturated rings. The number of aromatic nitrogens is 3. The molecule has 0 radical (unpaired) electrons. The molecule has 0 bridgehead atoms. The zero-order valence-electron chi connectivity index (χ0n) is 12.1. The maximum Gasteiger partial charge on any atom is 0.119 e. The van der Waals surface area contributed by atoms with Crippen molar-refractivity contribution in [2.24, 2.45) is 0 Å². The van der Waals surface area contributed by atoms with Gasteiger partial charge in [0.05, 0.1) is 12.8 Å². The molecular weight excluding hydrogens is 250 g/mol. The van der Waals surface area contributed by atoms with Gasteiger partial charge in [-0.2, -0.15) is 15.4 Å². The van der Waals surface area contributed by atoms with Gasteiger partial charge in [-0.1, -0.05) is 51.2 Å². The number of benzene rings is 1. The molecule has 4 heteroatoms. The fourth-order valence-electron chi connectivity index (χ4n) is 2.16. The third-order valence-corrected chi connectivity index (χ3v) is 3.31. The lowest BCUT2D eigenvalue weighted by Gasteiger charge is -2.07. The molecule has 0 unspecified atom stereocenters. The average molecular weight is 273 g/mol. The molecule has 0 saturated heterocycles. The highest BCUT2D eigenvalue weighted by atomic mass is 16.5. The Labute approximate surface area is 120 Å². The van der Waals surface area contributed by atoms with E-state index in [2.05, 4.69) is 22.3 Å². The fraction of sp³-hybridized carbons (Fsp3) is 0.500. The number of H-pyrrole nitrogens is 1. The second-order valence-corrected chi connectivity index (χ2v) is 5.00. The molecule has 2 aromatic rings. The Morgan fingerprint density at radius 3 is 2.75 bits per heavy atom. The molecule has 108 valence electrons. The second-order valence-electron chi connectivity index (χ2n) is 5.00. The Kier molecular flexibility index (Phi) is 6.08. The molecule has 1 aromatic heterocycles. The number of unbranched alkanes of at least 4 members (excludes halogenated alkanes) is 5. The van der Waals surface area contributed by atoms with Crippen LogP contribution in [-0.4, -0.2) is 22.0 Å².